The van der Waals surface area contributed by atoms with Gasteiger partial charge in [-0.3, -0.25) is 14.5 Å². The number of benzene rings is 2. The molecule has 2 aromatic carbocycles. The molecular formula is C21H23N3O2. The van der Waals surface area contributed by atoms with E-state index in [-0.39, 0.29) is 11.8 Å². The van der Waals surface area contributed by atoms with Crippen LogP contribution in [0.3, 0.4) is 0 Å². The number of carbonyl (C=O) groups excluding carboxylic acids is 2. The van der Waals surface area contributed by atoms with E-state index in [1.807, 2.05) is 42.5 Å². The Kier molecular flexibility index (Phi) is 4.47. The highest BCUT2D eigenvalue weighted by molar-refractivity contribution is 6.18. The number of hydrogen-bond acceptors (Lipinski definition) is 3. The number of para-hydroxylation sites is 3. The van der Waals surface area contributed by atoms with Crippen LogP contribution in [0.4, 0.5) is 17.1 Å². The van der Waals surface area contributed by atoms with Crippen LogP contribution in [-0.4, -0.2) is 43.4 Å². The molecular weight excluding hydrogens is 326 g/mol. The van der Waals surface area contributed by atoms with Gasteiger partial charge in [0.25, 0.3) is 5.91 Å². The molecule has 0 aromatic heterocycles. The van der Waals surface area contributed by atoms with E-state index in [1.165, 1.54) is 12.8 Å². The van der Waals surface area contributed by atoms with Gasteiger partial charge in [-0.2, -0.15) is 0 Å². The molecule has 1 fully saturated rings. The van der Waals surface area contributed by atoms with Gasteiger partial charge in [0.15, 0.2) is 0 Å². The van der Waals surface area contributed by atoms with Crippen molar-refractivity contribution in [3.8, 4) is 0 Å². The fraction of sp³-hybridized carbons (Fsp3) is 0.333. The molecule has 0 unspecified atom stereocenters. The highest BCUT2D eigenvalue weighted by Gasteiger charge is 2.31. The number of amides is 2. The molecule has 2 aliphatic rings. The number of rotatable bonds is 3. The zero-order valence-electron chi connectivity index (χ0n) is 15.0. The lowest BCUT2D eigenvalue weighted by molar-refractivity contribution is -0.118. The lowest BCUT2D eigenvalue weighted by Gasteiger charge is -2.25. The van der Waals surface area contributed by atoms with Gasteiger partial charge in [-0.15, -0.1) is 0 Å². The van der Waals surface area contributed by atoms with E-state index in [0.717, 1.165) is 31.0 Å². The molecule has 134 valence electrons. The van der Waals surface area contributed by atoms with Crippen LogP contribution < -0.4 is 9.80 Å². The van der Waals surface area contributed by atoms with Crippen LogP contribution in [-0.2, 0) is 4.79 Å². The van der Waals surface area contributed by atoms with Crippen molar-refractivity contribution in [1.82, 2.24) is 4.90 Å². The molecule has 0 N–H and O–H groups in total. The van der Waals surface area contributed by atoms with Crippen molar-refractivity contribution < 1.29 is 9.59 Å². The normalized spacial score (nSPS) is 17.0. The maximum absolute atomic E-state index is 13.2. The summed E-state index contributed by atoms with van der Waals surface area (Å²) in [5, 5.41) is 0. The summed E-state index contributed by atoms with van der Waals surface area (Å²) in [6.45, 7) is 2.91. The van der Waals surface area contributed by atoms with E-state index in [4.69, 9.17) is 0 Å². The van der Waals surface area contributed by atoms with Crippen LogP contribution in [0.2, 0.25) is 0 Å². The molecule has 2 amide bonds. The molecule has 2 heterocycles. The second kappa shape index (κ2) is 6.92. The first-order chi connectivity index (χ1) is 12.7. The molecule has 0 saturated carbocycles. The van der Waals surface area contributed by atoms with Crippen LogP contribution in [0.1, 0.15) is 29.6 Å². The first-order valence-corrected chi connectivity index (χ1v) is 9.18. The molecule has 4 rings (SSSR count). The first-order valence-electron chi connectivity index (χ1n) is 9.18. The van der Waals surface area contributed by atoms with Crippen molar-refractivity contribution in [3.05, 3.63) is 54.1 Å². The van der Waals surface area contributed by atoms with Gasteiger partial charge in [0.05, 0.1) is 22.6 Å². The van der Waals surface area contributed by atoms with Crippen molar-refractivity contribution in [1.29, 1.82) is 0 Å². The van der Waals surface area contributed by atoms with Gasteiger partial charge in [0, 0.05) is 20.0 Å². The van der Waals surface area contributed by atoms with Gasteiger partial charge in [-0.05, 0) is 50.2 Å². The maximum Gasteiger partial charge on any atom is 0.260 e. The third-order valence-corrected chi connectivity index (χ3v) is 5.25. The summed E-state index contributed by atoms with van der Waals surface area (Å²) in [5.41, 5.74) is 2.74. The molecule has 5 nitrogen and oxygen atoms in total. The first kappa shape index (κ1) is 16.8. The Hall–Kier alpha value is -2.66. The minimum absolute atomic E-state index is 0.0277. The Morgan fingerprint density at radius 1 is 0.923 bits per heavy atom. The summed E-state index contributed by atoms with van der Waals surface area (Å²) in [6.07, 6.45) is 2.87. The summed E-state index contributed by atoms with van der Waals surface area (Å²) >= 11 is 0. The molecule has 5 heteroatoms. The molecule has 2 aromatic rings. The fourth-order valence-corrected chi connectivity index (χ4v) is 3.85. The Labute approximate surface area is 153 Å². The minimum Gasteiger partial charge on any atom is -0.309 e. The Morgan fingerprint density at radius 3 is 2.27 bits per heavy atom. The average molecular weight is 349 g/mol. The zero-order chi connectivity index (χ0) is 18.1. The lowest BCUT2D eigenvalue weighted by Crippen LogP contribution is -2.31. The van der Waals surface area contributed by atoms with E-state index < -0.39 is 0 Å². The molecule has 0 aliphatic carbocycles. The predicted molar refractivity (Wildman–Crippen MR) is 103 cm³/mol. The van der Waals surface area contributed by atoms with Crippen molar-refractivity contribution >= 4 is 28.9 Å². The largest absolute Gasteiger partial charge is 0.309 e. The van der Waals surface area contributed by atoms with Gasteiger partial charge in [-0.25, -0.2) is 0 Å². The summed E-state index contributed by atoms with van der Waals surface area (Å²) < 4.78 is 0. The van der Waals surface area contributed by atoms with Gasteiger partial charge < -0.3 is 9.80 Å². The minimum atomic E-state index is -0.0945. The quantitative estimate of drug-likeness (QED) is 0.853. The average Bonchev–Trinajstić information content (AvgIpc) is 3.17. The van der Waals surface area contributed by atoms with Crippen LogP contribution in [0, 0.1) is 0 Å². The Balaban J connectivity index is 1.74. The van der Waals surface area contributed by atoms with Gasteiger partial charge >= 0.3 is 0 Å². The molecule has 0 radical (unpaired) electrons. The number of carbonyl (C=O) groups is 2. The van der Waals surface area contributed by atoms with Crippen LogP contribution in [0.25, 0.3) is 0 Å². The standard InChI is InChI=1S/C21H23N3O2/c1-22-18-10-4-5-11-19(18)24(17-9-3-2-8-16(17)21(22)26)20(25)12-15-23-13-6-7-14-23/h2-5,8-11H,6-7,12-15H2,1H3. The number of fused-ring (bicyclic) bond motifs is 2. The van der Waals surface area contributed by atoms with Gasteiger partial charge in [-0.1, -0.05) is 24.3 Å². The van der Waals surface area contributed by atoms with Gasteiger partial charge in [0.2, 0.25) is 5.91 Å². The molecule has 2 aliphatic heterocycles. The highest BCUT2D eigenvalue weighted by Crippen LogP contribution is 2.40. The van der Waals surface area contributed by atoms with Crippen molar-refractivity contribution in [2.45, 2.75) is 19.3 Å². The van der Waals surface area contributed by atoms with E-state index in [1.54, 1.807) is 22.9 Å². The fourth-order valence-electron chi connectivity index (χ4n) is 3.85. The van der Waals surface area contributed by atoms with Crippen molar-refractivity contribution in [2.24, 2.45) is 0 Å². The Bertz CT molecular complexity index is 843. The molecule has 0 spiro atoms. The number of anilines is 3. The van der Waals surface area contributed by atoms with E-state index in [0.29, 0.717) is 17.7 Å². The van der Waals surface area contributed by atoms with Gasteiger partial charge in [0.1, 0.15) is 0 Å². The molecule has 0 bridgehead atoms. The topological polar surface area (TPSA) is 43.9 Å². The Morgan fingerprint density at radius 2 is 1.54 bits per heavy atom. The maximum atomic E-state index is 13.2. The summed E-state index contributed by atoms with van der Waals surface area (Å²) in [4.78, 5) is 31.8. The SMILES string of the molecule is CN1C(=O)c2ccccc2N(C(=O)CCN2CCCC2)c2ccccc21. The van der Waals surface area contributed by atoms with E-state index in [9.17, 15) is 9.59 Å². The van der Waals surface area contributed by atoms with Crippen LogP contribution in [0.15, 0.2) is 48.5 Å². The summed E-state index contributed by atoms with van der Waals surface area (Å²) in [7, 11) is 1.76. The van der Waals surface area contributed by atoms with Crippen molar-refractivity contribution in [3.63, 3.8) is 0 Å². The van der Waals surface area contributed by atoms with E-state index >= 15 is 0 Å². The van der Waals surface area contributed by atoms with Crippen LogP contribution in [0.5, 0.6) is 0 Å². The summed E-state index contributed by atoms with van der Waals surface area (Å²) in [6, 6.07) is 15.0. The smallest absolute Gasteiger partial charge is 0.260 e. The monoisotopic (exact) mass is 349 g/mol. The number of likely N-dealkylation sites (tertiary alicyclic amines) is 1. The third kappa shape index (κ3) is 2.88. The van der Waals surface area contributed by atoms with E-state index in [2.05, 4.69) is 4.90 Å². The molecule has 0 atom stereocenters. The molecule has 1 saturated heterocycles. The number of nitrogens with zero attached hydrogens (tertiary/aromatic N) is 3. The predicted octanol–water partition coefficient (Wildman–Crippen LogP) is 3.43. The van der Waals surface area contributed by atoms with Crippen LogP contribution >= 0.6 is 0 Å². The zero-order valence-corrected chi connectivity index (χ0v) is 15.0. The lowest BCUT2D eigenvalue weighted by atomic mass is 10.1. The summed E-state index contributed by atoms with van der Waals surface area (Å²) in [5.74, 6) is -0.0669. The number of hydrogen-bond donors (Lipinski definition) is 0. The second-order valence-corrected chi connectivity index (χ2v) is 6.90. The highest BCUT2D eigenvalue weighted by atomic mass is 16.2. The molecule has 26 heavy (non-hydrogen) atoms. The van der Waals surface area contributed by atoms with Crippen molar-refractivity contribution in [2.75, 3.05) is 36.5 Å². The second-order valence-electron chi connectivity index (χ2n) is 6.90. The third-order valence-electron chi connectivity index (χ3n) is 5.25.